The van der Waals surface area contributed by atoms with Gasteiger partial charge in [0.1, 0.15) is 0 Å². The van der Waals surface area contributed by atoms with Crippen LogP contribution in [-0.4, -0.2) is 31.7 Å². The number of sulfonamides is 1. The predicted octanol–water partition coefficient (Wildman–Crippen LogP) is 3.05. The number of aromatic nitrogens is 1. The van der Waals surface area contributed by atoms with Crippen LogP contribution in [0.1, 0.15) is 15.9 Å². The van der Waals surface area contributed by atoms with Crippen LogP contribution in [0.3, 0.4) is 0 Å². The molecule has 0 saturated heterocycles. The molecule has 1 aliphatic heterocycles. The highest BCUT2D eigenvalue weighted by molar-refractivity contribution is 7.92. The molecule has 6 nitrogen and oxygen atoms in total. The third-order valence-corrected chi connectivity index (χ3v) is 5.80. The van der Waals surface area contributed by atoms with Crippen LogP contribution >= 0.6 is 0 Å². The second kappa shape index (κ2) is 6.59. The highest BCUT2D eigenvalue weighted by Crippen LogP contribution is 2.32. The number of hydrogen-bond donors (Lipinski definition) is 1. The second-order valence-electron chi connectivity index (χ2n) is 6.52. The number of carbonyl (C=O) groups excluding carboxylic acids is 1. The van der Waals surface area contributed by atoms with E-state index in [1.54, 1.807) is 24.3 Å². The Kier molecular flexibility index (Phi) is 4.24. The van der Waals surface area contributed by atoms with E-state index in [-0.39, 0.29) is 5.91 Å². The Bertz CT molecular complexity index is 1090. The van der Waals surface area contributed by atoms with Crippen molar-refractivity contribution in [3.8, 4) is 5.69 Å². The lowest BCUT2D eigenvalue weighted by molar-refractivity contribution is 0.102. The van der Waals surface area contributed by atoms with Gasteiger partial charge in [-0.05, 0) is 66.6 Å². The maximum atomic E-state index is 12.5. The van der Waals surface area contributed by atoms with Gasteiger partial charge in [0.05, 0.1) is 11.9 Å². The second-order valence-corrected chi connectivity index (χ2v) is 8.43. The number of rotatable bonds is 4. The number of amides is 1. The Balaban J connectivity index is 1.50. The summed E-state index contributed by atoms with van der Waals surface area (Å²) in [5, 5.41) is 2.88. The van der Waals surface area contributed by atoms with E-state index in [4.69, 9.17) is 0 Å². The zero-order chi connectivity index (χ0) is 19.0. The lowest BCUT2D eigenvalue weighted by atomic mass is 10.1. The van der Waals surface area contributed by atoms with Gasteiger partial charge < -0.3 is 9.88 Å². The molecule has 0 bridgehead atoms. The number of fused-ring (bicyclic) bond motifs is 1. The maximum Gasteiger partial charge on any atom is 0.255 e. The van der Waals surface area contributed by atoms with Crippen molar-refractivity contribution in [1.29, 1.82) is 0 Å². The van der Waals surface area contributed by atoms with Gasteiger partial charge in [-0.2, -0.15) is 0 Å². The van der Waals surface area contributed by atoms with Crippen molar-refractivity contribution in [3.63, 3.8) is 0 Å². The van der Waals surface area contributed by atoms with E-state index < -0.39 is 10.0 Å². The van der Waals surface area contributed by atoms with Gasteiger partial charge in [0, 0.05) is 35.9 Å². The highest BCUT2D eigenvalue weighted by atomic mass is 32.2. The largest absolute Gasteiger partial charge is 0.324 e. The number of benzene rings is 2. The fourth-order valence-electron chi connectivity index (χ4n) is 3.29. The molecule has 7 heteroatoms. The minimum absolute atomic E-state index is 0.202. The summed E-state index contributed by atoms with van der Waals surface area (Å²) < 4.78 is 27.0. The first kappa shape index (κ1) is 17.4. The van der Waals surface area contributed by atoms with Crippen molar-refractivity contribution in [2.45, 2.75) is 6.42 Å². The van der Waals surface area contributed by atoms with E-state index in [9.17, 15) is 13.2 Å². The summed E-state index contributed by atoms with van der Waals surface area (Å²) in [5.74, 6) is -0.202. The maximum absolute atomic E-state index is 12.5. The molecule has 0 saturated carbocycles. The average molecular weight is 381 g/mol. The minimum Gasteiger partial charge on any atom is -0.324 e. The molecule has 4 rings (SSSR count). The molecule has 2 aromatic carbocycles. The number of nitrogens with zero attached hydrogens (tertiary/aromatic N) is 2. The summed E-state index contributed by atoms with van der Waals surface area (Å²) in [6.07, 6.45) is 5.73. The molecule has 27 heavy (non-hydrogen) atoms. The number of carbonyl (C=O) groups is 1. The Hall–Kier alpha value is -3.06. The molecule has 0 spiro atoms. The lowest BCUT2D eigenvalue weighted by Crippen LogP contribution is -2.27. The summed E-state index contributed by atoms with van der Waals surface area (Å²) in [7, 11) is -3.27. The normalized spacial score (nSPS) is 13.4. The van der Waals surface area contributed by atoms with Gasteiger partial charge in [-0.1, -0.05) is 0 Å². The van der Waals surface area contributed by atoms with Gasteiger partial charge in [0.25, 0.3) is 5.91 Å². The number of nitrogens with one attached hydrogen (secondary N) is 1. The summed E-state index contributed by atoms with van der Waals surface area (Å²) in [5.41, 5.74) is 3.80. The average Bonchev–Trinajstić information content (AvgIpc) is 3.31. The summed E-state index contributed by atoms with van der Waals surface area (Å²) in [4.78, 5) is 12.5. The van der Waals surface area contributed by atoms with Gasteiger partial charge in [0.2, 0.25) is 10.0 Å². The molecule has 1 aliphatic rings. The van der Waals surface area contributed by atoms with E-state index >= 15 is 0 Å². The molecule has 0 aliphatic carbocycles. The van der Waals surface area contributed by atoms with Gasteiger partial charge in [-0.3, -0.25) is 9.10 Å². The smallest absolute Gasteiger partial charge is 0.255 e. The molecule has 3 aromatic rings. The Morgan fingerprint density at radius 1 is 1.04 bits per heavy atom. The molecule has 1 aromatic heterocycles. The van der Waals surface area contributed by atoms with Crippen molar-refractivity contribution in [3.05, 3.63) is 78.1 Å². The number of hydrogen-bond acceptors (Lipinski definition) is 3. The van der Waals surface area contributed by atoms with Crippen LogP contribution < -0.4 is 9.62 Å². The predicted molar refractivity (Wildman–Crippen MR) is 106 cm³/mol. The lowest BCUT2D eigenvalue weighted by Gasteiger charge is -2.16. The third kappa shape index (κ3) is 3.46. The Labute approximate surface area is 158 Å². The van der Waals surface area contributed by atoms with E-state index in [1.165, 1.54) is 10.6 Å². The molecule has 0 atom stereocenters. The third-order valence-electron chi connectivity index (χ3n) is 4.62. The van der Waals surface area contributed by atoms with Crippen molar-refractivity contribution in [2.75, 3.05) is 22.4 Å². The standard InChI is InChI=1S/C20H19N3O3S/c1-27(25,26)23-13-10-16-14-17(6-9-19(16)23)21-20(24)15-4-7-18(8-5-15)22-11-2-3-12-22/h2-9,11-12,14H,10,13H2,1H3,(H,21,24). The molecular formula is C20H19N3O3S. The fraction of sp³-hybridized carbons (Fsp3) is 0.150. The van der Waals surface area contributed by atoms with Crippen molar-refractivity contribution >= 4 is 27.3 Å². The van der Waals surface area contributed by atoms with Crippen molar-refractivity contribution in [2.24, 2.45) is 0 Å². The molecule has 2 heterocycles. The molecule has 1 N–H and O–H groups in total. The van der Waals surface area contributed by atoms with E-state index in [0.29, 0.717) is 29.9 Å². The Morgan fingerprint density at radius 3 is 2.41 bits per heavy atom. The zero-order valence-corrected chi connectivity index (χ0v) is 15.6. The van der Waals surface area contributed by atoms with E-state index in [1.807, 2.05) is 47.3 Å². The molecule has 138 valence electrons. The summed E-state index contributed by atoms with van der Waals surface area (Å²) >= 11 is 0. The van der Waals surface area contributed by atoms with Crippen molar-refractivity contribution < 1.29 is 13.2 Å². The molecule has 0 unspecified atom stereocenters. The van der Waals surface area contributed by atoms with Crippen LogP contribution in [0.5, 0.6) is 0 Å². The first-order chi connectivity index (χ1) is 12.9. The van der Waals surface area contributed by atoms with Gasteiger partial charge in [0.15, 0.2) is 0 Å². The highest BCUT2D eigenvalue weighted by Gasteiger charge is 2.26. The number of anilines is 2. The quantitative estimate of drug-likeness (QED) is 0.755. The van der Waals surface area contributed by atoms with Crippen LogP contribution in [0, 0.1) is 0 Å². The minimum atomic E-state index is -3.27. The first-order valence-electron chi connectivity index (χ1n) is 8.57. The monoisotopic (exact) mass is 381 g/mol. The van der Waals surface area contributed by atoms with Crippen LogP contribution in [0.2, 0.25) is 0 Å². The van der Waals surface area contributed by atoms with Crippen LogP contribution in [0.25, 0.3) is 5.69 Å². The Morgan fingerprint density at radius 2 is 1.74 bits per heavy atom. The van der Waals surface area contributed by atoms with Crippen LogP contribution in [0.4, 0.5) is 11.4 Å². The van der Waals surface area contributed by atoms with Crippen LogP contribution in [0.15, 0.2) is 67.0 Å². The van der Waals surface area contributed by atoms with Gasteiger partial charge in [-0.25, -0.2) is 8.42 Å². The van der Waals surface area contributed by atoms with E-state index in [2.05, 4.69) is 5.32 Å². The van der Waals surface area contributed by atoms with Crippen molar-refractivity contribution in [1.82, 2.24) is 4.57 Å². The summed E-state index contributed by atoms with van der Waals surface area (Å²) in [6, 6.07) is 16.5. The van der Waals surface area contributed by atoms with Crippen LogP contribution in [-0.2, 0) is 16.4 Å². The molecule has 1 amide bonds. The fourth-order valence-corrected chi connectivity index (χ4v) is 4.25. The SMILES string of the molecule is CS(=O)(=O)N1CCc2cc(NC(=O)c3ccc(-n4cccc4)cc3)ccc21. The van der Waals surface area contributed by atoms with Gasteiger partial charge >= 0.3 is 0 Å². The molecule has 0 radical (unpaired) electrons. The zero-order valence-electron chi connectivity index (χ0n) is 14.8. The van der Waals surface area contributed by atoms with Gasteiger partial charge in [-0.15, -0.1) is 0 Å². The van der Waals surface area contributed by atoms with E-state index in [0.717, 1.165) is 11.3 Å². The summed E-state index contributed by atoms with van der Waals surface area (Å²) in [6.45, 7) is 0.437. The first-order valence-corrected chi connectivity index (χ1v) is 10.4. The molecule has 0 fully saturated rings. The molecular weight excluding hydrogens is 362 g/mol. The topological polar surface area (TPSA) is 71.4 Å².